The van der Waals surface area contributed by atoms with Gasteiger partial charge in [0.05, 0.1) is 22.1 Å². The normalized spacial score (nSPS) is 12.3. The summed E-state index contributed by atoms with van der Waals surface area (Å²) in [7, 11) is 0. The summed E-state index contributed by atoms with van der Waals surface area (Å²) < 4.78 is 5.97. The van der Waals surface area contributed by atoms with Crippen molar-refractivity contribution in [3.05, 3.63) is 194 Å². The van der Waals surface area contributed by atoms with E-state index < -0.39 is 0 Å². The molecule has 0 saturated carbocycles. The Morgan fingerprint density at radius 3 is 1.75 bits per heavy atom. The smallest absolute Gasteiger partial charge is 0.165 e. The van der Waals surface area contributed by atoms with Crippen molar-refractivity contribution in [2.45, 2.75) is 0 Å². The largest absolute Gasteiger partial charge is 0.309 e. The van der Waals surface area contributed by atoms with E-state index in [0.29, 0.717) is 0 Å². The van der Waals surface area contributed by atoms with Crippen molar-refractivity contribution < 1.29 is 0 Å². The molecule has 14 aromatic rings. The number of benzene rings is 10. The van der Waals surface area contributed by atoms with Crippen molar-refractivity contribution in [3.8, 4) is 22.8 Å². The average molecular weight is 793 g/mol. The van der Waals surface area contributed by atoms with Gasteiger partial charge in [-0.2, -0.15) is 0 Å². The molecule has 61 heavy (non-hydrogen) atoms. The molecule has 0 aliphatic rings. The number of para-hydroxylation sites is 2. The summed E-state index contributed by atoms with van der Waals surface area (Å²) >= 11 is 1.71. The maximum Gasteiger partial charge on any atom is 0.165 e. The number of rotatable bonds is 3. The molecule has 0 spiro atoms. The van der Waals surface area contributed by atoms with Gasteiger partial charge >= 0.3 is 0 Å². The van der Waals surface area contributed by atoms with Gasteiger partial charge in [0.15, 0.2) is 5.82 Å². The molecule has 0 bridgehead atoms. The highest BCUT2D eigenvalue weighted by atomic mass is 32.1. The van der Waals surface area contributed by atoms with Crippen LogP contribution in [0.15, 0.2) is 194 Å². The van der Waals surface area contributed by atoms with Gasteiger partial charge in [0.2, 0.25) is 0 Å². The number of nitrogens with zero attached hydrogens (tertiary/aromatic N) is 4. The fourth-order valence-corrected chi connectivity index (χ4v) is 11.3. The van der Waals surface area contributed by atoms with Gasteiger partial charge in [0.25, 0.3) is 0 Å². The first-order valence-corrected chi connectivity index (χ1v) is 21.6. The highest BCUT2D eigenvalue weighted by Gasteiger charge is 2.25. The van der Waals surface area contributed by atoms with Crippen molar-refractivity contribution in [2.24, 2.45) is 0 Å². The fraction of sp³-hybridized carbons (Fsp3) is 0. The summed E-state index contributed by atoms with van der Waals surface area (Å²) in [4.78, 5) is 12.3. The van der Waals surface area contributed by atoms with Crippen molar-refractivity contribution in [3.63, 3.8) is 0 Å². The monoisotopic (exact) mass is 792 g/mol. The Bertz CT molecular complexity index is 4140. The van der Waals surface area contributed by atoms with Crippen LogP contribution in [0, 0.1) is 0 Å². The van der Waals surface area contributed by atoms with Gasteiger partial charge in [0.1, 0.15) is 16.0 Å². The number of thiophene rings is 1. The van der Waals surface area contributed by atoms with Gasteiger partial charge < -0.3 is 4.57 Å². The highest BCUT2D eigenvalue weighted by Crippen LogP contribution is 2.46. The Labute approximate surface area is 352 Å². The Hall–Kier alpha value is -7.86. The number of aromatic nitrogens is 4. The van der Waals surface area contributed by atoms with E-state index in [1.165, 1.54) is 74.9 Å². The second kappa shape index (κ2) is 12.3. The third-order valence-electron chi connectivity index (χ3n) is 12.9. The third kappa shape index (κ3) is 4.58. The minimum atomic E-state index is 0.817. The predicted octanol–water partition coefficient (Wildman–Crippen LogP) is 15.3. The van der Waals surface area contributed by atoms with Gasteiger partial charge in [-0.3, -0.25) is 4.57 Å². The molecule has 0 atom stereocenters. The molecule has 4 aromatic heterocycles. The molecule has 10 aromatic carbocycles. The molecule has 0 N–H and O–H groups in total. The lowest BCUT2D eigenvalue weighted by molar-refractivity contribution is 1.09. The van der Waals surface area contributed by atoms with Gasteiger partial charge in [-0.25, -0.2) is 9.97 Å². The van der Waals surface area contributed by atoms with Crippen LogP contribution >= 0.6 is 11.3 Å². The zero-order valence-electron chi connectivity index (χ0n) is 32.7. The molecule has 0 radical (unpaired) electrons. The molecule has 5 heteroatoms. The number of hydrogen-bond acceptors (Lipinski definition) is 3. The minimum absolute atomic E-state index is 0.817. The van der Waals surface area contributed by atoms with E-state index in [1.54, 1.807) is 11.3 Å². The average Bonchev–Trinajstić information content (AvgIpc) is 3.97. The molecule has 0 fully saturated rings. The molecule has 282 valence electrons. The van der Waals surface area contributed by atoms with Crippen LogP contribution in [0.4, 0.5) is 0 Å². The SMILES string of the molecule is c1ccc(-n2c3ccccc3c3ccc(-c4nc5sc6ccccc6c5nc4-n4c5cc6ccccc6cc5c5c6c7ccccc7c7ccccc7c6ccc54)cc32)cc1. The second-order valence-electron chi connectivity index (χ2n) is 16.1. The van der Waals surface area contributed by atoms with E-state index >= 15 is 0 Å². The summed E-state index contributed by atoms with van der Waals surface area (Å²) in [5.74, 6) is 0.817. The van der Waals surface area contributed by atoms with Crippen LogP contribution in [0.25, 0.3) is 130 Å². The third-order valence-corrected chi connectivity index (χ3v) is 13.9. The number of fused-ring (bicyclic) bond motifs is 17. The minimum Gasteiger partial charge on any atom is -0.309 e. The molecular weight excluding hydrogens is 761 g/mol. The molecule has 0 unspecified atom stereocenters. The molecule has 0 saturated heterocycles. The molecule has 0 aliphatic heterocycles. The first-order valence-electron chi connectivity index (χ1n) is 20.7. The van der Waals surface area contributed by atoms with Crippen LogP contribution in [-0.4, -0.2) is 19.1 Å². The van der Waals surface area contributed by atoms with E-state index in [2.05, 4.69) is 203 Å². The van der Waals surface area contributed by atoms with Crippen LogP contribution < -0.4 is 0 Å². The van der Waals surface area contributed by atoms with Crippen molar-refractivity contribution in [1.82, 2.24) is 19.1 Å². The first-order chi connectivity index (χ1) is 30.3. The topological polar surface area (TPSA) is 35.6 Å². The Morgan fingerprint density at radius 2 is 0.951 bits per heavy atom. The summed E-state index contributed by atoms with van der Waals surface area (Å²) in [6, 6.07) is 70.7. The summed E-state index contributed by atoms with van der Waals surface area (Å²) in [6.07, 6.45) is 0. The van der Waals surface area contributed by atoms with E-state index in [0.717, 1.165) is 55.0 Å². The molecule has 4 heterocycles. The molecular formula is C56H32N4S. The molecule has 0 aliphatic carbocycles. The van der Waals surface area contributed by atoms with Crippen LogP contribution in [0.2, 0.25) is 0 Å². The van der Waals surface area contributed by atoms with Gasteiger partial charge in [0, 0.05) is 48.3 Å². The van der Waals surface area contributed by atoms with Crippen molar-refractivity contribution in [2.75, 3.05) is 0 Å². The zero-order valence-corrected chi connectivity index (χ0v) is 33.5. The fourth-order valence-electron chi connectivity index (χ4n) is 10.3. The summed E-state index contributed by atoms with van der Waals surface area (Å²) in [5.41, 5.74) is 8.42. The van der Waals surface area contributed by atoms with Crippen molar-refractivity contribution >= 4 is 118 Å². The zero-order chi connectivity index (χ0) is 39.8. The maximum atomic E-state index is 5.76. The van der Waals surface area contributed by atoms with Crippen LogP contribution in [-0.2, 0) is 0 Å². The lowest BCUT2D eigenvalue weighted by atomic mass is 9.91. The molecule has 14 rings (SSSR count). The van der Waals surface area contributed by atoms with E-state index in [-0.39, 0.29) is 0 Å². The van der Waals surface area contributed by atoms with Gasteiger partial charge in [-0.15, -0.1) is 11.3 Å². The Balaban J connectivity index is 1.17. The van der Waals surface area contributed by atoms with Crippen LogP contribution in [0.1, 0.15) is 0 Å². The molecule has 0 amide bonds. The quantitative estimate of drug-likeness (QED) is 0.167. The van der Waals surface area contributed by atoms with Gasteiger partial charge in [-0.1, -0.05) is 146 Å². The Morgan fingerprint density at radius 1 is 0.361 bits per heavy atom. The van der Waals surface area contributed by atoms with Gasteiger partial charge in [-0.05, 0) is 86.2 Å². The summed E-state index contributed by atoms with van der Waals surface area (Å²) in [5, 5.41) is 15.9. The first kappa shape index (κ1) is 33.0. The number of hydrogen-bond donors (Lipinski definition) is 0. The standard InChI is InChI=1S/C56H32N4S/c1-2-16-36(17-3-1)59-46-24-12-10-21-40(46)41-27-26-35(32-48(41)59)53-55(57-54-44-23-11-13-25-50(44)61-56(54)58-53)60-47-29-28-43-39-20-7-6-18-37(39)38-19-8-9-22-42(38)51(43)52(47)45-30-33-14-4-5-15-34(33)31-49(45)60/h1-32H. The summed E-state index contributed by atoms with van der Waals surface area (Å²) in [6.45, 7) is 0. The maximum absolute atomic E-state index is 5.76. The lowest BCUT2D eigenvalue weighted by Crippen LogP contribution is -2.03. The van der Waals surface area contributed by atoms with Crippen molar-refractivity contribution in [1.29, 1.82) is 0 Å². The van der Waals surface area contributed by atoms with E-state index in [1.807, 2.05) is 0 Å². The van der Waals surface area contributed by atoms with E-state index in [4.69, 9.17) is 9.97 Å². The van der Waals surface area contributed by atoms with E-state index in [9.17, 15) is 0 Å². The predicted molar refractivity (Wildman–Crippen MR) is 259 cm³/mol. The lowest BCUT2D eigenvalue weighted by Gasteiger charge is -2.15. The highest BCUT2D eigenvalue weighted by molar-refractivity contribution is 7.25. The van der Waals surface area contributed by atoms with Crippen LogP contribution in [0.3, 0.4) is 0 Å². The molecule has 4 nitrogen and oxygen atoms in total. The Kier molecular flexibility index (Phi) is 6.68. The second-order valence-corrected chi connectivity index (χ2v) is 17.1. The van der Waals surface area contributed by atoms with Crippen LogP contribution in [0.5, 0.6) is 0 Å².